The molecule has 0 radical (unpaired) electrons. The van der Waals surface area contributed by atoms with E-state index in [0.29, 0.717) is 24.7 Å². The molecule has 1 aliphatic carbocycles. The zero-order valence-electron chi connectivity index (χ0n) is 13.4. The number of halogens is 3. The van der Waals surface area contributed by atoms with Gasteiger partial charge in [-0.05, 0) is 30.4 Å². The van der Waals surface area contributed by atoms with E-state index in [-0.39, 0.29) is 12.0 Å². The van der Waals surface area contributed by atoms with Crippen LogP contribution in [0.3, 0.4) is 0 Å². The van der Waals surface area contributed by atoms with Crippen molar-refractivity contribution in [2.75, 3.05) is 0 Å². The fourth-order valence-electron chi connectivity index (χ4n) is 3.27. The van der Waals surface area contributed by atoms with Crippen molar-refractivity contribution in [3.05, 3.63) is 47.2 Å². The maximum Gasteiger partial charge on any atom is 0.416 e. The van der Waals surface area contributed by atoms with Crippen molar-refractivity contribution in [2.24, 2.45) is 0 Å². The highest BCUT2D eigenvalue weighted by Gasteiger charge is 2.33. The van der Waals surface area contributed by atoms with Crippen molar-refractivity contribution >= 4 is 0 Å². The third-order valence-electron chi connectivity index (χ3n) is 4.48. The van der Waals surface area contributed by atoms with Gasteiger partial charge in [-0.3, -0.25) is 0 Å². The van der Waals surface area contributed by atoms with Gasteiger partial charge in [-0.2, -0.15) is 13.2 Å². The molecule has 7 heteroatoms. The minimum Gasteiger partial charge on any atom is -0.424 e. The summed E-state index contributed by atoms with van der Waals surface area (Å²) >= 11 is 0. The number of nitrogens with one attached hydrogen (secondary N) is 1. The van der Waals surface area contributed by atoms with Gasteiger partial charge in [-0.15, -0.1) is 10.2 Å². The number of aromatic nitrogens is 2. The van der Waals surface area contributed by atoms with Crippen LogP contribution >= 0.6 is 0 Å². The first-order chi connectivity index (χ1) is 11.5. The highest BCUT2D eigenvalue weighted by Crippen LogP contribution is 2.37. The Balaban J connectivity index is 1.69. The Kier molecular flexibility index (Phi) is 4.89. The first-order valence-corrected chi connectivity index (χ1v) is 8.19. The van der Waals surface area contributed by atoms with E-state index in [0.717, 1.165) is 30.9 Å². The molecule has 24 heavy (non-hydrogen) atoms. The molecule has 0 aliphatic heterocycles. The summed E-state index contributed by atoms with van der Waals surface area (Å²) in [4.78, 5) is 0. The summed E-state index contributed by atoms with van der Waals surface area (Å²) < 4.78 is 44.2. The second-order valence-electron chi connectivity index (χ2n) is 6.09. The summed E-state index contributed by atoms with van der Waals surface area (Å²) in [6.45, 7) is 2.37. The quantitative estimate of drug-likeness (QED) is 0.892. The van der Waals surface area contributed by atoms with Crippen LogP contribution in [0.1, 0.15) is 55.0 Å². The molecule has 1 aromatic heterocycles. The molecule has 0 spiro atoms. The molecule has 3 rings (SSSR count). The minimum absolute atomic E-state index is 0.0702. The third kappa shape index (κ3) is 3.77. The van der Waals surface area contributed by atoms with Gasteiger partial charge in [0.2, 0.25) is 11.8 Å². The van der Waals surface area contributed by atoms with Crippen LogP contribution in [0.2, 0.25) is 0 Å². The molecule has 1 fully saturated rings. The molecule has 1 saturated carbocycles. The fraction of sp³-hybridized carbons (Fsp3) is 0.529. The molecular formula is C17H20F3N3O. The molecule has 2 atom stereocenters. The van der Waals surface area contributed by atoms with Crippen LogP contribution in [-0.4, -0.2) is 16.2 Å². The van der Waals surface area contributed by atoms with Crippen molar-refractivity contribution < 1.29 is 17.6 Å². The lowest BCUT2D eigenvalue weighted by atomic mass is 9.92. The molecule has 1 heterocycles. The van der Waals surface area contributed by atoms with Gasteiger partial charge < -0.3 is 9.73 Å². The molecule has 0 amide bonds. The molecule has 1 aliphatic rings. The van der Waals surface area contributed by atoms with Gasteiger partial charge in [-0.25, -0.2) is 0 Å². The number of hydrogen-bond acceptors (Lipinski definition) is 4. The summed E-state index contributed by atoms with van der Waals surface area (Å²) in [7, 11) is 0. The van der Waals surface area contributed by atoms with E-state index in [2.05, 4.69) is 15.5 Å². The van der Waals surface area contributed by atoms with E-state index in [9.17, 15) is 13.2 Å². The average Bonchev–Trinajstić information content (AvgIpc) is 3.21. The Labute approximate surface area is 138 Å². The second-order valence-corrected chi connectivity index (χ2v) is 6.09. The second kappa shape index (κ2) is 6.93. The lowest BCUT2D eigenvalue weighted by Crippen LogP contribution is -2.31. The van der Waals surface area contributed by atoms with Crippen LogP contribution in [-0.2, 0) is 19.1 Å². The van der Waals surface area contributed by atoms with E-state index in [4.69, 9.17) is 4.42 Å². The number of aryl methyl sites for hydroxylation is 1. The largest absolute Gasteiger partial charge is 0.424 e. The predicted molar refractivity (Wildman–Crippen MR) is 82.3 cm³/mol. The molecule has 0 saturated heterocycles. The van der Waals surface area contributed by atoms with E-state index < -0.39 is 11.7 Å². The Hall–Kier alpha value is -1.89. The average molecular weight is 339 g/mol. The topological polar surface area (TPSA) is 51.0 Å². The Morgan fingerprint density at radius 3 is 2.71 bits per heavy atom. The molecule has 2 aromatic rings. The van der Waals surface area contributed by atoms with Gasteiger partial charge in [0.1, 0.15) is 0 Å². The lowest BCUT2D eigenvalue weighted by Gasteiger charge is -2.21. The van der Waals surface area contributed by atoms with Gasteiger partial charge in [0.25, 0.3) is 0 Å². The summed E-state index contributed by atoms with van der Waals surface area (Å²) in [5, 5.41) is 11.2. The smallest absolute Gasteiger partial charge is 0.416 e. The summed E-state index contributed by atoms with van der Waals surface area (Å²) in [5.74, 6) is 1.18. The van der Waals surface area contributed by atoms with Gasteiger partial charge in [-0.1, -0.05) is 31.5 Å². The van der Waals surface area contributed by atoms with Crippen molar-refractivity contribution in [3.63, 3.8) is 0 Å². The van der Waals surface area contributed by atoms with Crippen molar-refractivity contribution in [1.82, 2.24) is 15.5 Å². The van der Waals surface area contributed by atoms with Crippen LogP contribution in [0.15, 0.2) is 28.7 Å². The summed E-state index contributed by atoms with van der Waals surface area (Å²) in [6.07, 6.45) is -0.831. The zero-order chi connectivity index (χ0) is 17.2. The van der Waals surface area contributed by atoms with Crippen molar-refractivity contribution in [1.29, 1.82) is 0 Å². The molecule has 4 nitrogen and oxygen atoms in total. The van der Waals surface area contributed by atoms with E-state index in [1.165, 1.54) is 12.1 Å². The standard InChI is InChI=1S/C17H20F3N3O/c1-2-15-22-23-16(24-15)10-21-14-8-4-7-13(14)11-5-3-6-12(9-11)17(18,19)20/h3,5-6,9,13-14,21H,2,4,7-8,10H2,1H3/t13-,14-/m1/s1. The monoisotopic (exact) mass is 339 g/mol. The number of hydrogen-bond donors (Lipinski definition) is 1. The van der Waals surface area contributed by atoms with Crippen LogP contribution < -0.4 is 5.32 Å². The Bertz CT molecular complexity index is 684. The minimum atomic E-state index is -4.31. The molecule has 0 unspecified atom stereocenters. The van der Waals surface area contributed by atoms with Crippen LogP contribution in [0.4, 0.5) is 13.2 Å². The maximum atomic E-state index is 12.9. The first-order valence-electron chi connectivity index (χ1n) is 8.19. The van der Waals surface area contributed by atoms with E-state index in [1.54, 1.807) is 6.07 Å². The van der Waals surface area contributed by atoms with Crippen LogP contribution in [0, 0.1) is 0 Å². The number of alkyl halides is 3. The molecule has 0 bridgehead atoms. The van der Waals surface area contributed by atoms with Gasteiger partial charge >= 0.3 is 6.18 Å². The highest BCUT2D eigenvalue weighted by atomic mass is 19.4. The zero-order valence-corrected chi connectivity index (χ0v) is 13.4. The summed E-state index contributed by atoms with van der Waals surface area (Å²) in [6, 6.07) is 5.77. The van der Waals surface area contributed by atoms with Crippen LogP contribution in [0.5, 0.6) is 0 Å². The lowest BCUT2D eigenvalue weighted by molar-refractivity contribution is -0.137. The molecule has 1 aromatic carbocycles. The number of rotatable bonds is 5. The number of benzene rings is 1. The van der Waals surface area contributed by atoms with Gasteiger partial charge in [0.15, 0.2) is 0 Å². The third-order valence-corrected chi connectivity index (χ3v) is 4.48. The van der Waals surface area contributed by atoms with E-state index >= 15 is 0 Å². The van der Waals surface area contributed by atoms with Crippen LogP contribution in [0.25, 0.3) is 0 Å². The number of nitrogens with zero attached hydrogens (tertiary/aromatic N) is 2. The maximum absolute atomic E-state index is 12.9. The Morgan fingerprint density at radius 1 is 1.21 bits per heavy atom. The fourth-order valence-corrected chi connectivity index (χ4v) is 3.27. The highest BCUT2D eigenvalue weighted by molar-refractivity contribution is 5.30. The molecule has 1 N–H and O–H groups in total. The van der Waals surface area contributed by atoms with Crippen molar-refractivity contribution in [3.8, 4) is 0 Å². The molecular weight excluding hydrogens is 319 g/mol. The summed E-state index contributed by atoms with van der Waals surface area (Å²) in [5.41, 5.74) is 0.148. The van der Waals surface area contributed by atoms with Crippen molar-refractivity contribution in [2.45, 2.75) is 57.3 Å². The van der Waals surface area contributed by atoms with E-state index in [1.807, 2.05) is 6.92 Å². The first kappa shape index (κ1) is 17.0. The van der Waals surface area contributed by atoms with Gasteiger partial charge in [0.05, 0.1) is 12.1 Å². The molecule has 130 valence electrons. The SMILES string of the molecule is CCc1nnc(CN[C@@H]2CCC[C@@H]2c2cccc(C(F)(F)F)c2)o1. The van der Waals surface area contributed by atoms with Gasteiger partial charge in [0, 0.05) is 12.5 Å². The normalized spacial score (nSPS) is 21.3. The predicted octanol–water partition coefficient (Wildman–Crippen LogP) is 4.08. The Morgan fingerprint density at radius 2 is 2.00 bits per heavy atom.